The number of carbonyl (C=O) groups is 1. The van der Waals surface area contributed by atoms with E-state index in [1.54, 1.807) is 6.92 Å². The lowest BCUT2D eigenvalue weighted by Crippen LogP contribution is -2.53. The van der Waals surface area contributed by atoms with Crippen molar-refractivity contribution in [3.8, 4) is 0 Å². The van der Waals surface area contributed by atoms with Crippen molar-refractivity contribution in [3.63, 3.8) is 0 Å². The maximum Gasteiger partial charge on any atom is 0.219 e. The molecule has 0 radical (unpaired) electrons. The van der Waals surface area contributed by atoms with Crippen molar-refractivity contribution in [1.82, 2.24) is 24.5 Å². The van der Waals surface area contributed by atoms with Gasteiger partial charge < -0.3 is 4.90 Å². The SMILES string of the molecule is CC(=O)N1CCN([C@@H]2CN(Cc3ccn(C(C)C)n3)C[C@@H]2C)CC1. The maximum atomic E-state index is 11.5. The van der Waals surface area contributed by atoms with Crippen LogP contribution >= 0.6 is 0 Å². The number of rotatable bonds is 4. The highest BCUT2D eigenvalue weighted by Gasteiger charge is 2.35. The van der Waals surface area contributed by atoms with E-state index in [9.17, 15) is 4.79 Å². The zero-order valence-corrected chi connectivity index (χ0v) is 15.5. The van der Waals surface area contributed by atoms with Crippen molar-refractivity contribution >= 4 is 5.91 Å². The van der Waals surface area contributed by atoms with E-state index in [1.165, 1.54) is 0 Å². The Balaban J connectivity index is 1.54. The highest BCUT2D eigenvalue weighted by atomic mass is 16.2. The number of nitrogens with zero attached hydrogens (tertiary/aromatic N) is 5. The molecule has 1 aromatic rings. The molecule has 0 unspecified atom stereocenters. The second-order valence-electron chi connectivity index (χ2n) is 7.66. The van der Waals surface area contributed by atoms with Gasteiger partial charge in [-0.3, -0.25) is 19.3 Å². The predicted octanol–water partition coefficient (Wildman–Crippen LogP) is 1.45. The van der Waals surface area contributed by atoms with Crippen LogP contribution in [0.3, 0.4) is 0 Å². The molecule has 2 atom stereocenters. The minimum atomic E-state index is 0.205. The first-order valence-corrected chi connectivity index (χ1v) is 9.20. The van der Waals surface area contributed by atoms with E-state index in [-0.39, 0.29) is 5.91 Å². The lowest BCUT2D eigenvalue weighted by Gasteiger charge is -2.39. The molecule has 6 nitrogen and oxygen atoms in total. The molecular formula is C18H31N5O. The van der Waals surface area contributed by atoms with Crippen LogP contribution in [0, 0.1) is 5.92 Å². The number of likely N-dealkylation sites (tertiary alicyclic amines) is 1. The Kier molecular flexibility index (Phi) is 5.25. The van der Waals surface area contributed by atoms with E-state index in [1.807, 2.05) is 9.58 Å². The van der Waals surface area contributed by atoms with E-state index in [0.29, 0.717) is 18.0 Å². The lowest BCUT2D eigenvalue weighted by molar-refractivity contribution is -0.130. The third-order valence-corrected chi connectivity index (χ3v) is 5.46. The number of aromatic nitrogens is 2. The first-order chi connectivity index (χ1) is 11.4. The average molecular weight is 333 g/mol. The van der Waals surface area contributed by atoms with Crippen LogP contribution in [-0.4, -0.2) is 75.7 Å². The minimum Gasteiger partial charge on any atom is -0.340 e. The summed E-state index contributed by atoms with van der Waals surface area (Å²) in [5.41, 5.74) is 1.16. The van der Waals surface area contributed by atoms with Gasteiger partial charge in [0.05, 0.1) is 5.69 Å². The Labute approximate surface area is 145 Å². The number of hydrogen-bond donors (Lipinski definition) is 0. The fraction of sp³-hybridized carbons (Fsp3) is 0.778. The van der Waals surface area contributed by atoms with E-state index in [0.717, 1.165) is 51.5 Å². The molecule has 1 aromatic heterocycles. The van der Waals surface area contributed by atoms with Gasteiger partial charge in [-0.15, -0.1) is 0 Å². The zero-order chi connectivity index (χ0) is 17.3. The number of amides is 1. The predicted molar refractivity (Wildman–Crippen MR) is 94.7 cm³/mol. The highest BCUT2D eigenvalue weighted by molar-refractivity contribution is 5.73. The Bertz CT molecular complexity index is 562. The van der Waals surface area contributed by atoms with Gasteiger partial charge >= 0.3 is 0 Å². The van der Waals surface area contributed by atoms with Gasteiger partial charge in [0.2, 0.25) is 5.91 Å². The summed E-state index contributed by atoms with van der Waals surface area (Å²) in [6, 6.07) is 3.16. The molecule has 24 heavy (non-hydrogen) atoms. The van der Waals surface area contributed by atoms with Crippen molar-refractivity contribution < 1.29 is 4.79 Å². The summed E-state index contributed by atoms with van der Waals surface area (Å²) in [5, 5.41) is 4.68. The Morgan fingerprint density at radius 1 is 1.25 bits per heavy atom. The largest absolute Gasteiger partial charge is 0.340 e. The van der Waals surface area contributed by atoms with E-state index in [4.69, 9.17) is 0 Å². The molecule has 3 heterocycles. The molecule has 6 heteroatoms. The second kappa shape index (κ2) is 7.23. The van der Waals surface area contributed by atoms with Crippen molar-refractivity contribution in [2.75, 3.05) is 39.3 Å². The summed E-state index contributed by atoms with van der Waals surface area (Å²) < 4.78 is 2.04. The van der Waals surface area contributed by atoms with Crippen molar-refractivity contribution in [2.24, 2.45) is 5.92 Å². The molecule has 2 aliphatic rings. The van der Waals surface area contributed by atoms with Gasteiger partial charge in [0.1, 0.15) is 0 Å². The molecule has 2 aliphatic heterocycles. The Hall–Kier alpha value is -1.40. The van der Waals surface area contributed by atoms with Crippen LogP contribution in [0.25, 0.3) is 0 Å². The van der Waals surface area contributed by atoms with Crippen LogP contribution in [0.15, 0.2) is 12.3 Å². The molecule has 0 spiro atoms. The van der Waals surface area contributed by atoms with Gasteiger partial charge in [0.25, 0.3) is 0 Å². The summed E-state index contributed by atoms with van der Waals surface area (Å²) in [6.07, 6.45) is 2.08. The monoisotopic (exact) mass is 333 g/mol. The van der Waals surface area contributed by atoms with E-state index < -0.39 is 0 Å². The first kappa shape index (κ1) is 17.4. The summed E-state index contributed by atoms with van der Waals surface area (Å²) in [4.78, 5) is 18.6. The Morgan fingerprint density at radius 2 is 1.96 bits per heavy atom. The van der Waals surface area contributed by atoms with Crippen LogP contribution in [0.1, 0.15) is 39.4 Å². The average Bonchev–Trinajstić information content (AvgIpc) is 3.14. The molecule has 0 aromatic carbocycles. The van der Waals surface area contributed by atoms with Crippen LogP contribution in [0.2, 0.25) is 0 Å². The van der Waals surface area contributed by atoms with Crippen molar-refractivity contribution in [1.29, 1.82) is 0 Å². The fourth-order valence-electron chi connectivity index (χ4n) is 4.00. The summed E-state index contributed by atoms with van der Waals surface area (Å²) in [6.45, 7) is 15.3. The van der Waals surface area contributed by atoms with E-state index in [2.05, 4.69) is 47.9 Å². The number of piperazine rings is 1. The van der Waals surface area contributed by atoms with Gasteiger partial charge in [0, 0.05) is 71.0 Å². The highest BCUT2D eigenvalue weighted by Crippen LogP contribution is 2.24. The normalized spacial score (nSPS) is 26.5. The molecule has 0 N–H and O–H groups in total. The third-order valence-electron chi connectivity index (χ3n) is 5.46. The molecule has 3 rings (SSSR count). The molecule has 0 saturated carbocycles. The van der Waals surface area contributed by atoms with Gasteiger partial charge in [-0.1, -0.05) is 6.92 Å². The summed E-state index contributed by atoms with van der Waals surface area (Å²) in [7, 11) is 0. The molecule has 1 amide bonds. The van der Waals surface area contributed by atoms with Crippen LogP contribution in [0.4, 0.5) is 0 Å². The Morgan fingerprint density at radius 3 is 2.54 bits per heavy atom. The van der Waals surface area contributed by atoms with Gasteiger partial charge in [-0.05, 0) is 25.8 Å². The van der Waals surface area contributed by atoms with E-state index >= 15 is 0 Å². The summed E-state index contributed by atoms with van der Waals surface area (Å²) in [5.74, 6) is 0.873. The second-order valence-corrected chi connectivity index (χ2v) is 7.66. The number of hydrogen-bond acceptors (Lipinski definition) is 4. The zero-order valence-electron chi connectivity index (χ0n) is 15.5. The smallest absolute Gasteiger partial charge is 0.219 e. The van der Waals surface area contributed by atoms with Crippen LogP contribution < -0.4 is 0 Å². The quantitative estimate of drug-likeness (QED) is 0.837. The number of carbonyl (C=O) groups excluding carboxylic acids is 1. The van der Waals surface area contributed by atoms with Crippen molar-refractivity contribution in [2.45, 2.75) is 46.3 Å². The molecule has 0 bridgehead atoms. The van der Waals surface area contributed by atoms with Gasteiger partial charge in [-0.25, -0.2) is 0 Å². The molecule has 0 aliphatic carbocycles. The standard InChI is InChI=1S/C18H31N5O/c1-14(2)23-6-5-17(19-23)12-20-11-15(3)18(13-20)22-9-7-21(8-10-22)16(4)24/h5-6,14-15,18H,7-13H2,1-4H3/t15-,18+/m0/s1. The van der Waals surface area contributed by atoms with Gasteiger partial charge in [-0.2, -0.15) is 5.10 Å². The fourth-order valence-corrected chi connectivity index (χ4v) is 4.00. The summed E-state index contributed by atoms with van der Waals surface area (Å²) >= 11 is 0. The first-order valence-electron chi connectivity index (χ1n) is 9.20. The molecule has 134 valence electrons. The minimum absolute atomic E-state index is 0.205. The van der Waals surface area contributed by atoms with Crippen LogP contribution in [0.5, 0.6) is 0 Å². The molecule has 2 saturated heterocycles. The maximum absolute atomic E-state index is 11.5. The van der Waals surface area contributed by atoms with Crippen molar-refractivity contribution in [3.05, 3.63) is 18.0 Å². The molecular weight excluding hydrogens is 302 g/mol. The third kappa shape index (κ3) is 3.81. The van der Waals surface area contributed by atoms with Crippen LogP contribution in [-0.2, 0) is 11.3 Å². The topological polar surface area (TPSA) is 44.6 Å². The van der Waals surface area contributed by atoms with Gasteiger partial charge in [0.15, 0.2) is 0 Å². The molecule has 2 fully saturated rings. The lowest BCUT2D eigenvalue weighted by atomic mass is 10.0.